The fraction of sp³-hybridized carbons (Fsp3) is 0.500. The number of sulfone groups is 1. The van der Waals surface area contributed by atoms with Crippen LogP contribution in [0, 0.1) is 5.92 Å². The number of nitrogens with zero attached hydrogens (tertiary/aromatic N) is 1. The lowest BCUT2D eigenvalue weighted by atomic mass is 10.1. The molecule has 0 spiro atoms. The van der Waals surface area contributed by atoms with Crippen molar-refractivity contribution >= 4 is 26.6 Å². The first-order valence-corrected chi connectivity index (χ1v) is 8.50. The van der Waals surface area contributed by atoms with Gasteiger partial charge in [-0.05, 0) is 24.5 Å². The SMILES string of the molecule is CC(C)CCOCCS(=O)(=O)c1nc2ccc(N)cc2o1. The van der Waals surface area contributed by atoms with Crippen LogP contribution in [0.4, 0.5) is 5.69 Å². The molecule has 2 rings (SSSR count). The molecule has 116 valence electrons. The highest BCUT2D eigenvalue weighted by molar-refractivity contribution is 7.91. The predicted molar refractivity (Wildman–Crippen MR) is 80.7 cm³/mol. The van der Waals surface area contributed by atoms with E-state index >= 15 is 0 Å². The molecule has 1 aromatic carbocycles. The normalized spacial score (nSPS) is 12.3. The van der Waals surface area contributed by atoms with E-state index in [9.17, 15) is 8.42 Å². The maximum atomic E-state index is 12.1. The second-order valence-electron chi connectivity index (χ2n) is 5.32. The van der Waals surface area contributed by atoms with E-state index < -0.39 is 9.84 Å². The summed E-state index contributed by atoms with van der Waals surface area (Å²) in [6.45, 7) is 4.86. The summed E-state index contributed by atoms with van der Waals surface area (Å²) in [6, 6.07) is 4.84. The number of ether oxygens (including phenoxy) is 1. The van der Waals surface area contributed by atoms with Gasteiger partial charge < -0.3 is 14.9 Å². The van der Waals surface area contributed by atoms with E-state index in [4.69, 9.17) is 14.9 Å². The molecule has 0 radical (unpaired) electrons. The Bertz CT molecular complexity index is 707. The predicted octanol–water partition coefficient (Wildman–Crippen LogP) is 2.25. The summed E-state index contributed by atoms with van der Waals surface area (Å²) in [7, 11) is -3.58. The van der Waals surface area contributed by atoms with Crippen LogP contribution in [0.3, 0.4) is 0 Å². The number of benzene rings is 1. The average molecular weight is 312 g/mol. The number of hydrogen-bond donors (Lipinski definition) is 1. The molecule has 0 atom stereocenters. The molecule has 1 aromatic heterocycles. The van der Waals surface area contributed by atoms with E-state index in [1.807, 2.05) is 0 Å². The third-order valence-electron chi connectivity index (χ3n) is 2.99. The van der Waals surface area contributed by atoms with Crippen molar-refractivity contribution in [2.24, 2.45) is 5.92 Å². The zero-order chi connectivity index (χ0) is 15.5. The second-order valence-corrected chi connectivity index (χ2v) is 7.31. The van der Waals surface area contributed by atoms with Gasteiger partial charge in [0.1, 0.15) is 5.52 Å². The van der Waals surface area contributed by atoms with Crippen molar-refractivity contribution in [2.45, 2.75) is 25.5 Å². The number of rotatable bonds is 7. The highest BCUT2D eigenvalue weighted by atomic mass is 32.2. The molecule has 1 heterocycles. The molecule has 6 nitrogen and oxygen atoms in total. The van der Waals surface area contributed by atoms with Crippen LogP contribution in [0.15, 0.2) is 27.8 Å². The molecule has 0 amide bonds. The van der Waals surface area contributed by atoms with E-state index in [0.717, 1.165) is 6.42 Å². The Hall–Kier alpha value is -1.60. The smallest absolute Gasteiger partial charge is 0.316 e. The standard InChI is InChI=1S/C14H20N2O4S/c1-10(2)5-6-19-7-8-21(17,18)14-16-12-4-3-11(15)9-13(12)20-14/h3-4,9-10H,5-8,15H2,1-2H3. The van der Waals surface area contributed by atoms with Crippen molar-refractivity contribution in [3.63, 3.8) is 0 Å². The minimum Gasteiger partial charge on any atom is -0.428 e. The number of oxazole rings is 1. The zero-order valence-corrected chi connectivity index (χ0v) is 13.0. The van der Waals surface area contributed by atoms with Gasteiger partial charge in [-0.25, -0.2) is 8.42 Å². The summed E-state index contributed by atoms with van der Waals surface area (Å²) in [5, 5.41) is -0.282. The highest BCUT2D eigenvalue weighted by Gasteiger charge is 2.21. The Labute approximate surface area is 124 Å². The first-order chi connectivity index (χ1) is 9.88. The van der Waals surface area contributed by atoms with Crippen molar-refractivity contribution < 1.29 is 17.6 Å². The molecular formula is C14H20N2O4S. The largest absolute Gasteiger partial charge is 0.428 e. The number of fused-ring (bicyclic) bond motifs is 1. The summed E-state index contributed by atoms with van der Waals surface area (Å²) >= 11 is 0. The maximum absolute atomic E-state index is 12.1. The summed E-state index contributed by atoms with van der Waals surface area (Å²) < 4.78 is 34.8. The van der Waals surface area contributed by atoms with Crippen LogP contribution in [-0.4, -0.2) is 32.4 Å². The molecule has 0 saturated heterocycles. The lowest BCUT2D eigenvalue weighted by Crippen LogP contribution is -2.13. The molecule has 7 heteroatoms. The van der Waals surface area contributed by atoms with E-state index in [-0.39, 0.29) is 17.6 Å². The Morgan fingerprint density at radius 2 is 2.10 bits per heavy atom. The lowest BCUT2D eigenvalue weighted by molar-refractivity contribution is 0.137. The summed E-state index contributed by atoms with van der Waals surface area (Å²) in [5.74, 6) is 0.386. The van der Waals surface area contributed by atoms with Gasteiger partial charge in [0, 0.05) is 18.4 Å². The molecule has 0 saturated carbocycles. The third kappa shape index (κ3) is 4.18. The Morgan fingerprint density at radius 3 is 2.81 bits per heavy atom. The molecular weight excluding hydrogens is 292 g/mol. The van der Waals surface area contributed by atoms with Crippen LogP contribution in [0.2, 0.25) is 0 Å². The van der Waals surface area contributed by atoms with Gasteiger partial charge in [-0.1, -0.05) is 13.8 Å². The summed E-state index contributed by atoms with van der Waals surface area (Å²) in [5.41, 5.74) is 6.97. The molecule has 0 aliphatic carbocycles. The van der Waals surface area contributed by atoms with Crippen molar-refractivity contribution in [3.8, 4) is 0 Å². The number of anilines is 1. The monoisotopic (exact) mass is 312 g/mol. The van der Waals surface area contributed by atoms with E-state index in [0.29, 0.717) is 29.3 Å². The molecule has 0 aliphatic rings. The molecule has 2 aromatic rings. The van der Waals surface area contributed by atoms with Crippen molar-refractivity contribution in [2.75, 3.05) is 24.7 Å². The van der Waals surface area contributed by atoms with Gasteiger partial charge in [-0.15, -0.1) is 0 Å². The number of nitrogen functional groups attached to an aromatic ring is 1. The van der Waals surface area contributed by atoms with Gasteiger partial charge in [0.25, 0.3) is 0 Å². The van der Waals surface area contributed by atoms with Crippen LogP contribution in [0.5, 0.6) is 0 Å². The Balaban J connectivity index is 2.00. The van der Waals surface area contributed by atoms with Crippen LogP contribution in [-0.2, 0) is 14.6 Å². The van der Waals surface area contributed by atoms with Gasteiger partial charge >= 0.3 is 5.22 Å². The topological polar surface area (TPSA) is 95.4 Å². The Kier molecular flexibility index (Phi) is 4.84. The molecule has 2 N–H and O–H groups in total. The Morgan fingerprint density at radius 1 is 1.33 bits per heavy atom. The zero-order valence-electron chi connectivity index (χ0n) is 12.2. The van der Waals surface area contributed by atoms with Gasteiger partial charge in [0.15, 0.2) is 5.58 Å². The van der Waals surface area contributed by atoms with Crippen LogP contribution in [0.1, 0.15) is 20.3 Å². The third-order valence-corrected chi connectivity index (χ3v) is 4.41. The minimum atomic E-state index is -3.58. The second kappa shape index (κ2) is 6.44. The van der Waals surface area contributed by atoms with Crippen molar-refractivity contribution in [3.05, 3.63) is 18.2 Å². The fourth-order valence-corrected chi connectivity index (χ4v) is 2.70. The first-order valence-electron chi connectivity index (χ1n) is 6.85. The van der Waals surface area contributed by atoms with Gasteiger partial charge in [-0.3, -0.25) is 0 Å². The molecule has 0 unspecified atom stereocenters. The quantitative estimate of drug-likeness (QED) is 0.622. The average Bonchev–Trinajstić information content (AvgIpc) is 2.81. The minimum absolute atomic E-state index is 0.135. The van der Waals surface area contributed by atoms with Crippen LogP contribution in [0.25, 0.3) is 11.1 Å². The van der Waals surface area contributed by atoms with E-state index in [1.54, 1.807) is 18.2 Å². The van der Waals surface area contributed by atoms with Gasteiger partial charge in [0.05, 0.1) is 12.4 Å². The van der Waals surface area contributed by atoms with E-state index in [1.165, 1.54) is 0 Å². The molecule has 0 bridgehead atoms. The number of hydrogen-bond acceptors (Lipinski definition) is 6. The lowest BCUT2D eigenvalue weighted by Gasteiger charge is -2.05. The van der Waals surface area contributed by atoms with Crippen molar-refractivity contribution in [1.29, 1.82) is 0 Å². The molecule has 0 aliphatic heterocycles. The maximum Gasteiger partial charge on any atom is 0.316 e. The first kappa shape index (κ1) is 15.8. The van der Waals surface area contributed by atoms with E-state index in [2.05, 4.69) is 18.8 Å². The number of aromatic nitrogens is 1. The van der Waals surface area contributed by atoms with Crippen LogP contribution < -0.4 is 5.73 Å². The fourth-order valence-electron chi connectivity index (χ4n) is 1.73. The molecule has 0 fully saturated rings. The highest BCUT2D eigenvalue weighted by Crippen LogP contribution is 2.21. The summed E-state index contributed by atoms with van der Waals surface area (Å²) in [6.07, 6.45) is 0.905. The number of nitrogens with two attached hydrogens (primary N) is 1. The van der Waals surface area contributed by atoms with Crippen LogP contribution >= 0.6 is 0 Å². The van der Waals surface area contributed by atoms with Gasteiger partial charge in [0.2, 0.25) is 9.84 Å². The van der Waals surface area contributed by atoms with Gasteiger partial charge in [-0.2, -0.15) is 4.98 Å². The summed E-state index contributed by atoms with van der Waals surface area (Å²) in [4.78, 5) is 3.99. The van der Waals surface area contributed by atoms with Crippen molar-refractivity contribution in [1.82, 2.24) is 4.98 Å². The molecule has 21 heavy (non-hydrogen) atoms.